The van der Waals surface area contributed by atoms with Gasteiger partial charge in [-0.3, -0.25) is 14.4 Å². The zero-order chi connectivity index (χ0) is 13.5. The van der Waals surface area contributed by atoms with E-state index in [0.717, 1.165) is 12.1 Å². The largest absolute Gasteiger partial charge is 0.343 e. The molecule has 7 heteroatoms. The van der Waals surface area contributed by atoms with Crippen LogP contribution in [-0.2, 0) is 9.63 Å². The molecule has 2 amide bonds. The second kappa shape index (κ2) is 6.65. The smallest absolute Gasteiger partial charge is 0.262 e. The van der Waals surface area contributed by atoms with E-state index >= 15 is 0 Å². The molecule has 0 heterocycles. The predicted octanol–water partition coefficient (Wildman–Crippen LogP) is 0.762. The first-order valence-electron chi connectivity index (χ1n) is 5.18. The second-order valence-corrected chi connectivity index (χ2v) is 3.27. The maximum Gasteiger partial charge on any atom is 0.262 e. The van der Waals surface area contributed by atoms with Crippen molar-refractivity contribution in [2.45, 2.75) is 6.92 Å². The lowest BCUT2D eigenvalue weighted by atomic mass is 10.2. The molecule has 0 aromatic heterocycles. The molecule has 0 bridgehead atoms. The van der Waals surface area contributed by atoms with E-state index < -0.39 is 23.4 Å². The molecular formula is C11H12F2N2O3. The van der Waals surface area contributed by atoms with Crippen LogP contribution in [0.1, 0.15) is 17.3 Å². The van der Waals surface area contributed by atoms with Crippen molar-refractivity contribution >= 4 is 11.8 Å². The van der Waals surface area contributed by atoms with Crippen LogP contribution in [0.15, 0.2) is 18.2 Å². The minimum Gasteiger partial charge on any atom is -0.343 e. The zero-order valence-electron chi connectivity index (χ0n) is 9.63. The highest BCUT2D eigenvalue weighted by atomic mass is 19.1. The van der Waals surface area contributed by atoms with E-state index in [0.29, 0.717) is 6.07 Å². The van der Waals surface area contributed by atoms with Gasteiger partial charge < -0.3 is 5.32 Å². The van der Waals surface area contributed by atoms with Crippen LogP contribution in [0.25, 0.3) is 0 Å². The van der Waals surface area contributed by atoms with Gasteiger partial charge in [-0.25, -0.2) is 14.3 Å². The molecule has 0 saturated heterocycles. The van der Waals surface area contributed by atoms with Crippen LogP contribution in [0, 0.1) is 11.6 Å². The SMILES string of the molecule is CCONC(=O)CNC(=O)c1ccc(F)cc1F. The Morgan fingerprint density at radius 3 is 2.67 bits per heavy atom. The van der Waals surface area contributed by atoms with Crippen molar-refractivity contribution in [3.63, 3.8) is 0 Å². The molecule has 5 nitrogen and oxygen atoms in total. The Balaban J connectivity index is 2.53. The average molecular weight is 258 g/mol. The summed E-state index contributed by atoms with van der Waals surface area (Å²) in [7, 11) is 0. The number of halogens is 2. The Morgan fingerprint density at radius 2 is 2.06 bits per heavy atom. The first kappa shape index (κ1) is 14.0. The summed E-state index contributed by atoms with van der Waals surface area (Å²) in [6, 6.07) is 2.55. The monoisotopic (exact) mass is 258 g/mol. The normalized spacial score (nSPS) is 9.94. The van der Waals surface area contributed by atoms with E-state index in [2.05, 4.69) is 15.6 Å². The second-order valence-electron chi connectivity index (χ2n) is 3.27. The topological polar surface area (TPSA) is 67.4 Å². The van der Waals surface area contributed by atoms with Gasteiger partial charge in [-0.1, -0.05) is 0 Å². The van der Waals surface area contributed by atoms with Gasteiger partial charge in [0.2, 0.25) is 0 Å². The molecule has 0 fully saturated rings. The third kappa shape index (κ3) is 4.10. The average Bonchev–Trinajstić information content (AvgIpc) is 2.33. The summed E-state index contributed by atoms with van der Waals surface area (Å²) < 4.78 is 25.8. The number of rotatable bonds is 5. The number of hydroxylamine groups is 1. The van der Waals surface area contributed by atoms with Crippen molar-refractivity contribution in [3.8, 4) is 0 Å². The molecule has 98 valence electrons. The standard InChI is InChI=1S/C11H12F2N2O3/c1-2-18-15-10(16)6-14-11(17)8-4-3-7(12)5-9(8)13/h3-5H,2,6H2,1H3,(H,14,17)(H,15,16). The van der Waals surface area contributed by atoms with Crippen LogP contribution < -0.4 is 10.8 Å². The molecule has 0 atom stereocenters. The predicted molar refractivity (Wildman–Crippen MR) is 58.5 cm³/mol. The Kier molecular flexibility index (Phi) is 5.19. The number of hydrogen-bond donors (Lipinski definition) is 2. The molecule has 0 aliphatic carbocycles. The van der Waals surface area contributed by atoms with Gasteiger partial charge >= 0.3 is 0 Å². The number of carbonyl (C=O) groups is 2. The Bertz CT molecular complexity index is 452. The van der Waals surface area contributed by atoms with E-state index in [4.69, 9.17) is 0 Å². The van der Waals surface area contributed by atoms with Gasteiger partial charge in [-0.05, 0) is 19.1 Å². The summed E-state index contributed by atoms with van der Waals surface area (Å²) in [4.78, 5) is 27.1. The van der Waals surface area contributed by atoms with E-state index in [1.54, 1.807) is 6.92 Å². The minimum atomic E-state index is -0.988. The van der Waals surface area contributed by atoms with Gasteiger partial charge in [0.1, 0.15) is 11.6 Å². The molecular weight excluding hydrogens is 246 g/mol. The van der Waals surface area contributed by atoms with Crippen molar-refractivity contribution in [2.75, 3.05) is 13.2 Å². The highest BCUT2D eigenvalue weighted by Gasteiger charge is 2.13. The molecule has 0 saturated carbocycles. The molecule has 0 aliphatic heterocycles. The van der Waals surface area contributed by atoms with Gasteiger partial charge in [0.15, 0.2) is 0 Å². The molecule has 0 unspecified atom stereocenters. The van der Waals surface area contributed by atoms with Crippen LogP contribution in [-0.4, -0.2) is 25.0 Å². The van der Waals surface area contributed by atoms with Gasteiger partial charge in [-0.15, -0.1) is 0 Å². The van der Waals surface area contributed by atoms with E-state index in [9.17, 15) is 18.4 Å². The summed E-state index contributed by atoms with van der Waals surface area (Å²) in [6.07, 6.45) is 0. The van der Waals surface area contributed by atoms with Crippen molar-refractivity contribution in [3.05, 3.63) is 35.4 Å². The fourth-order valence-corrected chi connectivity index (χ4v) is 1.12. The zero-order valence-corrected chi connectivity index (χ0v) is 9.63. The summed E-state index contributed by atoms with van der Waals surface area (Å²) >= 11 is 0. The summed E-state index contributed by atoms with van der Waals surface area (Å²) in [5.74, 6) is -3.15. The van der Waals surface area contributed by atoms with Gasteiger partial charge in [-0.2, -0.15) is 0 Å². The fourth-order valence-electron chi connectivity index (χ4n) is 1.12. The van der Waals surface area contributed by atoms with Gasteiger partial charge in [0.05, 0.1) is 18.7 Å². The maximum absolute atomic E-state index is 13.2. The van der Waals surface area contributed by atoms with Crippen LogP contribution in [0.2, 0.25) is 0 Å². The van der Waals surface area contributed by atoms with Crippen LogP contribution in [0.5, 0.6) is 0 Å². The van der Waals surface area contributed by atoms with Crippen LogP contribution >= 0.6 is 0 Å². The molecule has 0 spiro atoms. The Hall–Kier alpha value is -2.02. The Labute approximate surface area is 102 Å². The van der Waals surface area contributed by atoms with Crippen molar-refractivity contribution < 1.29 is 23.2 Å². The molecule has 1 aromatic rings. The number of amides is 2. The van der Waals surface area contributed by atoms with E-state index in [1.807, 2.05) is 0 Å². The van der Waals surface area contributed by atoms with Crippen LogP contribution in [0.4, 0.5) is 8.78 Å². The first-order chi connectivity index (χ1) is 8.54. The molecule has 1 aromatic carbocycles. The van der Waals surface area contributed by atoms with E-state index in [-0.39, 0.29) is 18.7 Å². The lowest BCUT2D eigenvalue weighted by Gasteiger charge is -2.06. The molecule has 0 radical (unpaired) electrons. The lowest BCUT2D eigenvalue weighted by molar-refractivity contribution is -0.132. The summed E-state index contributed by atoms with van der Waals surface area (Å²) in [6.45, 7) is 1.59. The van der Waals surface area contributed by atoms with Crippen molar-refractivity contribution in [2.24, 2.45) is 0 Å². The van der Waals surface area contributed by atoms with Crippen molar-refractivity contribution in [1.29, 1.82) is 0 Å². The Morgan fingerprint density at radius 1 is 1.33 bits per heavy atom. The summed E-state index contributed by atoms with van der Waals surface area (Å²) in [5, 5.41) is 2.17. The third-order valence-electron chi connectivity index (χ3n) is 1.92. The minimum absolute atomic E-state index is 0.284. The van der Waals surface area contributed by atoms with E-state index in [1.165, 1.54) is 0 Å². The molecule has 2 N–H and O–H groups in total. The number of nitrogens with one attached hydrogen (secondary N) is 2. The summed E-state index contributed by atoms with van der Waals surface area (Å²) in [5.41, 5.74) is 1.72. The highest BCUT2D eigenvalue weighted by molar-refractivity contribution is 5.96. The molecule has 18 heavy (non-hydrogen) atoms. The number of hydrogen-bond acceptors (Lipinski definition) is 3. The van der Waals surface area contributed by atoms with Gasteiger partial charge in [0.25, 0.3) is 11.8 Å². The maximum atomic E-state index is 13.2. The van der Waals surface area contributed by atoms with Crippen molar-refractivity contribution in [1.82, 2.24) is 10.8 Å². The highest BCUT2D eigenvalue weighted by Crippen LogP contribution is 2.08. The molecule has 0 aliphatic rings. The number of carbonyl (C=O) groups excluding carboxylic acids is 2. The van der Waals surface area contributed by atoms with Crippen LogP contribution in [0.3, 0.4) is 0 Å². The number of benzene rings is 1. The van der Waals surface area contributed by atoms with Gasteiger partial charge in [0, 0.05) is 6.07 Å². The fraction of sp³-hybridized carbons (Fsp3) is 0.273. The molecule has 1 rings (SSSR count). The first-order valence-corrected chi connectivity index (χ1v) is 5.18. The third-order valence-corrected chi connectivity index (χ3v) is 1.92. The quantitative estimate of drug-likeness (QED) is 0.766. The lowest BCUT2D eigenvalue weighted by Crippen LogP contribution is -2.37.